The first-order chi connectivity index (χ1) is 7.39. The first-order valence-corrected chi connectivity index (χ1v) is 6.46. The molecule has 1 rings (SSSR count). The van der Waals surface area contributed by atoms with Crippen molar-refractivity contribution in [2.45, 2.75) is 32.7 Å². The highest BCUT2D eigenvalue weighted by Crippen LogP contribution is 2.16. The lowest BCUT2D eigenvalue weighted by Crippen LogP contribution is -2.46. The SMILES string of the molecule is CN(C)CC(C)(C)CNC1CCN(C)CC1. The summed E-state index contributed by atoms with van der Waals surface area (Å²) in [4.78, 5) is 4.69. The fourth-order valence-corrected chi connectivity index (χ4v) is 2.55. The summed E-state index contributed by atoms with van der Waals surface area (Å²) in [5, 5.41) is 3.73. The minimum absolute atomic E-state index is 0.368. The lowest BCUT2D eigenvalue weighted by molar-refractivity contribution is 0.194. The summed E-state index contributed by atoms with van der Waals surface area (Å²) in [5.41, 5.74) is 0.368. The monoisotopic (exact) mass is 227 g/mol. The molecule has 0 radical (unpaired) electrons. The van der Waals surface area contributed by atoms with Gasteiger partial charge in [-0.2, -0.15) is 0 Å². The molecule has 1 heterocycles. The molecule has 3 nitrogen and oxygen atoms in total. The number of nitrogens with zero attached hydrogens (tertiary/aromatic N) is 2. The number of piperidine rings is 1. The Labute approximate surface area is 101 Å². The Morgan fingerprint density at radius 1 is 1.25 bits per heavy atom. The first kappa shape index (κ1) is 13.9. The van der Waals surface area contributed by atoms with Gasteiger partial charge in [0.15, 0.2) is 0 Å². The Hall–Kier alpha value is -0.120. The van der Waals surface area contributed by atoms with Gasteiger partial charge in [-0.15, -0.1) is 0 Å². The van der Waals surface area contributed by atoms with Crippen LogP contribution in [0.5, 0.6) is 0 Å². The lowest BCUT2D eigenvalue weighted by atomic mass is 9.92. The van der Waals surface area contributed by atoms with Gasteiger partial charge in [0.2, 0.25) is 0 Å². The minimum atomic E-state index is 0.368. The lowest BCUT2D eigenvalue weighted by Gasteiger charge is -2.34. The molecule has 0 bridgehead atoms. The molecule has 0 aliphatic carbocycles. The molecular formula is C13H29N3. The second kappa shape index (κ2) is 5.99. The van der Waals surface area contributed by atoms with E-state index in [0.717, 1.165) is 19.1 Å². The topological polar surface area (TPSA) is 18.5 Å². The van der Waals surface area contributed by atoms with Crippen molar-refractivity contribution in [1.82, 2.24) is 15.1 Å². The first-order valence-electron chi connectivity index (χ1n) is 6.46. The molecule has 96 valence electrons. The van der Waals surface area contributed by atoms with Crippen LogP contribution in [0.1, 0.15) is 26.7 Å². The van der Waals surface area contributed by atoms with Gasteiger partial charge in [0, 0.05) is 19.1 Å². The van der Waals surface area contributed by atoms with Gasteiger partial charge in [-0.05, 0) is 52.5 Å². The average molecular weight is 227 g/mol. The van der Waals surface area contributed by atoms with Crippen molar-refractivity contribution >= 4 is 0 Å². The van der Waals surface area contributed by atoms with E-state index in [4.69, 9.17) is 0 Å². The molecule has 0 saturated carbocycles. The predicted octanol–water partition coefficient (Wildman–Crippen LogP) is 1.26. The van der Waals surface area contributed by atoms with Crippen LogP contribution in [-0.4, -0.2) is 63.2 Å². The molecule has 0 aromatic rings. The Morgan fingerprint density at radius 3 is 2.31 bits per heavy atom. The van der Waals surface area contributed by atoms with Gasteiger partial charge in [0.05, 0.1) is 0 Å². The molecule has 1 aliphatic rings. The Morgan fingerprint density at radius 2 is 1.81 bits per heavy atom. The van der Waals surface area contributed by atoms with E-state index in [2.05, 4.69) is 50.1 Å². The van der Waals surface area contributed by atoms with Crippen molar-refractivity contribution in [3.8, 4) is 0 Å². The highest BCUT2D eigenvalue weighted by atomic mass is 15.1. The largest absolute Gasteiger partial charge is 0.313 e. The molecule has 0 amide bonds. The van der Waals surface area contributed by atoms with Crippen molar-refractivity contribution in [2.24, 2.45) is 5.41 Å². The molecule has 0 atom stereocenters. The minimum Gasteiger partial charge on any atom is -0.313 e. The van der Waals surface area contributed by atoms with E-state index in [-0.39, 0.29) is 0 Å². The Bertz CT molecular complexity index is 193. The summed E-state index contributed by atoms with van der Waals surface area (Å²) in [7, 11) is 6.51. The quantitative estimate of drug-likeness (QED) is 0.763. The molecule has 1 N–H and O–H groups in total. The van der Waals surface area contributed by atoms with Crippen LogP contribution >= 0.6 is 0 Å². The highest BCUT2D eigenvalue weighted by molar-refractivity contribution is 4.80. The standard InChI is InChI=1S/C13H29N3/c1-13(2,11-15(3)4)10-14-12-6-8-16(5)9-7-12/h12,14H,6-11H2,1-5H3. The van der Waals surface area contributed by atoms with Gasteiger partial charge < -0.3 is 15.1 Å². The second-order valence-corrected chi connectivity index (χ2v) is 6.36. The van der Waals surface area contributed by atoms with E-state index in [9.17, 15) is 0 Å². The smallest absolute Gasteiger partial charge is 0.00916 e. The zero-order valence-electron chi connectivity index (χ0n) is 11.7. The van der Waals surface area contributed by atoms with Crippen LogP contribution in [0.15, 0.2) is 0 Å². The number of hydrogen-bond acceptors (Lipinski definition) is 3. The second-order valence-electron chi connectivity index (χ2n) is 6.36. The van der Waals surface area contributed by atoms with Crippen LogP contribution in [-0.2, 0) is 0 Å². The van der Waals surface area contributed by atoms with E-state index in [1.165, 1.54) is 25.9 Å². The molecule has 0 unspecified atom stereocenters. The molecule has 0 aromatic heterocycles. The van der Waals surface area contributed by atoms with Crippen molar-refractivity contribution in [1.29, 1.82) is 0 Å². The van der Waals surface area contributed by atoms with Gasteiger partial charge in [0.1, 0.15) is 0 Å². The zero-order valence-corrected chi connectivity index (χ0v) is 11.7. The summed E-state index contributed by atoms with van der Waals surface area (Å²) in [5.74, 6) is 0. The van der Waals surface area contributed by atoms with Gasteiger partial charge in [-0.1, -0.05) is 13.8 Å². The molecule has 0 aromatic carbocycles. The van der Waals surface area contributed by atoms with Crippen LogP contribution in [0.4, 0.5) is 0 Å². The van der Waals surface area contributed by atoms with Gasteiger partial charge >= 0.3 is 0 Å². The number of nitrogens with one attached hydrogen (secondary N) is 1. The van der Waals surface area contributed by atoms with Gasteiger partial charge in [-0.25, -0.2) is 0 Å². The van der Waals surface area contributed by atoms with Gasteiger partial charge in [0.25, 0.3) is 0 Å². The average Bonchev–Trinajstić information content (AvgIpc) is 2.15. The molecule has 1 fully saturated rings. The summed E-state index contributed by atoms with van der Waals surface area (Å²) >= 11 is 0. The van der Waals surface area contributed by atoms with Gasteiger partial charge in [-0.3, -0.25) is 0 Å². The Balaban J connectivity index is 2.23. The van der Waals surface area contributed by atoms with E-state index in [1.54, 1.807) is 0 Å². The third-order valence-corrected chi connectivity index (χ3v) is 3.33. The van der Waals surface area contributed by atoms with E-state index in [0.29, 0.717) is 5.41 Å². The number of likely N-dealkylation sites (tertiary alicyclic amines) is 1. The summed E-state index contributed by atoms with van der Waals surface area (Å²) in [6.07, 6.45) is 2.60. The van der Waals surface area contributed by atoms with Crippen molar-refractivity contribution in [3.63, 3.8) is 0 Å². The van der Waals surface area contributed by atoms with Crippen molar-refractivity contribution in [2.75, 3.05) is 47.3 Å². The molecule has 16 heavy (non-hydrogen) atoms. The predicted molar refractivity (Wildman–Crippen MR) is 70.9 cm³/mol. The fraction of sp³-hybridized carbons (Fsp3) is 1.00. The molecule has 0 spiro atoms. The van der Waals surface area contributed by atoms with Crippen molar-refractivity contribution < 1.29 is 0 Å². The maximum Gasteiger partial charge on any atom is 0.00916 e. The highest BCUT2D eigenvalue weighted by Gasteiger charge is 2.22. The van der Waals surface area contributed by atoms with Crippen LogP contribution in [0.3, 0.4) is 0 Å². The normalized spacial score (nSPS) is 20.6. The third kappa shape index (κ3) is 5.28. The maximum absolute atomic E-state index is 3.73. The maximum atomic E-state index is 3.73. The number of hydrogen-bond donors (Lipinski definition) is 1. The third-order valence-electron chi connectivity index (χ3n) is 3.33. The Kier molecular flexibility index (Phi) is 5.22. The molecule has 1 aliphatic heterocycles. The van der Waals surface area contributed by atoms with E-state index >= 15 is 0 Å². The van der Waals surface area contributed by atoms with Crippen LogP contribution in [0, 0.1) is 5.41 Å². The van der Waals surface area contributed by atoms with Crippen LogP contribution in [0.2, 0.25) is 0 Å². The molecule has 1 saturated heterocycles. The summed E-state index contributed by atoms with van der Waals surface area (Å²) < 4.78 is 0. The zero-order chi connectivity index (χ0) is 12.2. The van der Waals surface area contributed by atoms with Crippen LogP contribution < -0.4 is 5.32 Å². The number of rotatable bonds is 5. The van der Waals surface area contributed by atoms with Crippen molar-refractivity contribution in [3.05, 3.63) is 0 Å². The van der Waals surface area contributed by atoms with E-state index in [1.807, 2.05) is 0 Å². The van der Waals surface area contributed by atoms with Crippen LogP contribution in [0.25, 0.3) is 0 Å². The summed E-state index contributed by atoms with van der Waals surface area (Å²) in [6, 6.07) is 0.734. The molecule has 3 heteroatoms. The fourth-order valence-electron chi connectivity index (χ4n) is 2.55. The van der Waals surface area contributed by atoms with E-state index < -0.39 is 0 Å². The summed E-state index contributed by atoms with van der Waals surface area (Å²) in [6.45, 7) is 9.44. The molecular weight excluding hydrogens is 198 g/mol.